The maximum atomic E-state index is 13.4. The van der Waals surface area contributed by atoms with Crippen LogP contribution in [0, 0.1) is 5.92 Å². The van der Waals surface area contributed by atoms with Gasteiger partial charge in [-0.15, -0.1) is 0 Å². The molecule has 1 fully saturated rings. The Morgan fingerprint density at radius 3 is 2.40 bits per heavy atom. The van der Waals surface area contributed by atoms with Crippen molar-refractivity contribution in [2.45, 2.75) is 52.9 Å². The highest BCUT2D eigenvalue weighted by Gasteiger charge is 2.27. The van der Waals surface area contributed by atoms with Crippen molar-refractivity contribution in [2.24, 2.45) is 5.92 Å². The monoisotopic (exact) mass is 576 g/mol. The summed E-state index contributed by atoms with van der Waals surface area (Å²) in [6, 6.07) is 12.7. The Balaban J connectivity index is 1.73. The predicted molar refractivity (Wildman–Crippen MR) is 164 cm³/mol. The fourth-order valence-electron chi connectivity index (χ4n) is 5.13. The summed E-state index contributed by atoms with van der Waals surface area (Å²) in [5.41, 5.74) is 3.27. The second kappa shape index (κ2) is 13.9. The third-order valence-electron chi connectivity index (χ3n) is 7.90. The largest absolute Gasteiger partial charge is 0.496 e. The fourth-order valence-corrected chi connectivity index (χ4v) is 5.13. The van der Waals surface area contributed by atoms with Gasteiger partial charge in [0.05, 0.1) is 30.7 Å². The molecule has 9 nitrogen and oxygen atoms in total. The lowest BCUT2D eigenvalue weighted by Gasteiger charge is -2.22. The molecule has 0 unspecified atom stereocenters. The number of hydrogen-bond donors (Lipinski definition) is 1. The van der Waals surface area contributed by atoms with Crippen molar-refractivity contribution in [3.8, 4) is 28.4 Å². The van der Waals surface area contributed by atoms with E-state index in [1.807, 2.05) is 37.4 Å². The summed E-state index contributed by atoms with van der Waals surface area (Å²) >= 11 is 0. The number of methoxy groups -OCH3 is 1. The first-order valence-corrected chi connectivity index (χ1v) is 14.9. The molecule has 9 heteroatoms. The highest BCUT2D eigenvalue weighted by atomic mass is 16.5. The van der Waals surface area contributed by atoms with Crippen LogP contribution in [0.15, 0.2) is 42.5 Å². The lowest BCUT2D eigenvalue weighted by molar-refractivity contribution is 0.0689. The molecule has 0 saturated heterocycles. The Kier molecular flexibility index (Phi) is 10.3. The van der Waals surface area contributed by atoms with E-state index in [0.29, 0.717) is 53.1 Å². The summed E-state index contributed by atoms with van der Waals surface area (Å²) in [6.07, 6.45) is 3.19. The number of benzene rings is 2. The number of carboxylic acid groups (broad SMARTS) is 1. The Morgan fingerprint density at radius 1 is 1.07 bits per heavy atom. The van der Waals surface area contributed by atoms with E-state index in [9.17, 15) is 14.7 Å². The van der Waals surface area contributed by atoms with E-state index in [0.717, 1.165) is 44.5 Å². The van der Waals surface area contributed by atoms with Gasteiger partial charge in [-0.2, -0.15) is 5.10 Å². The number of aromatic nitrogens is 2. The fraction of sp³-hybridized carbons (Fsp3) is 0.485. The molecule has 1 aliphatic rings. The van der Waals surface area contributed by atoms with Crippen molar-refractivity contribution in [2.75, 3.05) is 46.9 Å². The van der Waals surface area contributed by atoms with Gasteiger partial charge in [0.2, 0.25) is 0 Å². The van der Waals surface area contributed by atoms with Crippen molar-refractivity contribution in [3.05, 3.63) is 59.3 Å². The minimum absolute atomic E-state index is 0.0364. The van der Waals surface area contributed by atoms with E-state index >= 15 is 0 Å². The summed E-state index contributed by atoms with van der Waals surface area (Å²) in [4.78, 5) is 29.6. The zero-order chi connectivity index (χ0) is 30.4. The summed E-state index contributed by atoms with van der Waals surface area (Å²) in [5, 5.41) is 14.4. The summed E-state index contributed by atoms with van der Waals surface area (Å²) in [5.74, 6) is 0.574. The molecule has 1 amide bonds. The maximum Gasteiger partial charge on any atom is 0.356 e. The number of aromatic carboxylic acids is 1. The van der Waals surface area contributed by atoms with Crippen LogP contribution in [0.25, 0.3) is 16.9 Å². The van der Waals surface area contributed by atoms with E-state index in [1.54, 1.807) is 28.8 Å². The average Bonchev–Trinajstić information content (AvgIpc) is 3.72. The summed E-state index contributed by atoms with van der Waals surface area (Å²) in [7, 11) is 3.42. The van der Waals surface area contributed by atoms with Gasteiger partial charge in [-0.1, -0.05) is 33.8 Å². The molecule has 1 aliphatic carbocycles. The number of nitrogens with zero attached hydrogens (tertiary/aromatic N) is 4. The van der Waals surface area contributed by atoms with Crippen LogP contribution in [0.2, 0.25) is 0 Å². The number of ether oxygens (including phenoxy) is 2. The van der Waals surface area contributed by atoms with E-state index in [-0.39, 0.29) is 17.5 Å². The highest BCUT2D eigenvalue weighted by molar-refractivity contribution is 5.95. The van der Waals surface area contributed by atoms with Gasteiger partial charge in [0, 0.05) is 19.2 Å². The van der Waals surface area contributed by atoms with Crippen molar-refractivity contribution in [1.82, 2.24) is 19.6 Å². The smallest absolute Gasteiger partial charge is 0.356 e. The Bertz CT molecular complexity index is 1390. The molecule has 1 N–H and O–H groups in total. The molecule has 3 aromatic rings. The Labute approximate surface area is 249 Å². The Morgan fingerprint density at radius 2 is 1.79 bits per heavy atom. The van der Waals surface area contributed by atoms with Crippen LogP contribution in [-0.4, -0.2) is 83.5 Å². The molecule has 4 rings (SSSR count). The van der Waals surface area contributed by atoms with Crippen LogP contribution >= 0.6 is 0 Å². The second-order valence-corrected chi connectivity index (χ2v) is 11.3. The van der Waals surface area contributed by atoms with Gasteiger partial charge < -0.3 is 24.4 Å². The molecule has 0 spiro atoms. The minimum atomic E-state index is -1.13. The first-order chi connectivity index (χ1) is 20.2. The third kappa shape index (κ3) is 7.13. The van der Waals surface area contributed by atoms with Crippen LogP contribution in [0.5, 0.6) is 11.5 Å². The number of amides is 1. The topological polar surface area (TPSA) is 97.1 Å². The van der Waals surface area contributed by atoms with E-state index in [1.165, 1.54) is 0 Å². The van der Waals surface area contributed by atoms with Gasteiger partial charge in [0.15, 0.2) is 5.69 Å². The first kappa shape index (κ1) is 31.1. The maximum absolute atomic E-state index is 13.4. The zero-order valence-electron chi connectivity index (χ0n) is 25.7. The first-order valence-electron chi connectivity index (χ1n) is 14.9. The molecule has 1 saturated carbocycles. The average molecular weight is 577 g/mol. The Hall–Kier alpha value is -3.85. The third-order valence-corrected chi connectivity index (χ3v) is 7.90. The van der Waals surface area contributed by atoms with Gasteiger partial charge in [0.1, 0.15) is 11.5 Å². The van der Waals surface area contributed by atoms with E-state index < -0.39 is 5.97 Å². The molecule has 2 aromatic carbocycles. The van der Waals surface area contributed by atoms with Gasteiger partial charge in [-0.25, -0.2) is 9.48 Å². The van der Waals surface area contributed by atoms with Crippen LogP contribution < -0.4 is 9.47 Å². The molecular formula is C33H44N4O5. The van der Waals surface area contributed by atoms with Crippen molar-refractivity contribution < 1.29 is 24.2 Å². The normalized spacial score (nSPS) is 13.0. The highest BCUT2D eigenvalue weighted by Crippen LogP contribution is 2.41. The van der Waals surface area contributed by atoms with Crippen molar-refractivity contribution in [1.29, 1.82) is 0 Å². The lowest BCUT2D eigenvalue weighted by atomic mass is 9.97. The molecule has 0 atom stereocenters. The molecule has 1 heterocycles. The van der Waals surface area contributed by atoms with Gasteiger partial charge in [-0.3, -0.25) is 4.79 Å². The molecule has 0 bridgehead atoms. The van der Waals surface area contributed by atoms with Crippen molar-refractivity contribution in [3.63, 3.8) is 0 Å². The molecule has 1 aromatic heterocycles. The van der Waals surface area contributed by atoms with Crippen LogP contribution in [0.4, 0.5) is 0 Å². The number of rotatable bonds is 15. The lowest BCUT2D eigenvalue weighted by Crippen LogP contribution is -2.31. The van der Waals surface area contributed by atoms with Crippen LogP contribution in [0.3, 0.4) is 0 Å². The van der Waals surface area contributed by atoms with Crippen molar-refractivity contribution >= 4 is 11.9 Å². The van der Waals surface area contributed by atoms with E-state index in [4.69, 9.17) is 9.47 Å². The second-order valence-electron chi connectivity index (χ2n) is 11.3. The van der Waals surface area contributed by atoms with Gasteiger partial charge in [0.25, 0.3) is 5.91 Å². The minimum Gasteiger partial charge on any atom is -0.496 e. The van der Waals surface area contributed by atoms with Crippen LogP contribution in [0.1, 0.15) is 79.3 Å². The standard InChI is InChI=1S/C33H44N4O5/c1-7-36(8-2)18-10-17-35(5)32(38)24-15-16-27(25(19-24)22(3)4)37-28(20-26(34-37)33(39)40)31-29(41-6)11-9-12-30(31)42-21-23-13-14-23/h9,11-12,15-16,19-20,22-23H,7-8,10,13-14,17-18,21H2,1-6H3,(H,39,40). The molecule has 0 aliphatic heterocycles. The number of hydrogen-bond acceptors (Lipinski definition) is 6. The molecular weight excluding hydrogens is 532 g/mol. The van der Waals surface area contributed by atoms with Gasteiger partial charge >= 0.3 is 5.97 Å². The SMILES string of the molecule is CCN(CC)CCCN(C)C(=O)c1ccc(-n2nc(C(=O)O)cc2-c2c(OC)cccc2OCC2CC2)c(C(C)C)c1. The summed E-state index contributed by atoms with van der Waals surface area (Å²) in [6.45, 7) is 12.6. The van der Waals surface area contributed by atoms with E-state index in [2.05, 4.69) is 37.7 Å². The zero-order valence-corrected chi connectivity index (χ0v) is 25.7. The quantitative estimate of drug-likeness (QED) is 0.238. The summed E-state index contributed by atoms with van der Waals surface area (Å²) < 4.78 is 13.6. The number of carbonyl (C=O) groups excluding carboxylic acids is 1. The molecule has 226 valence electrons. The number of carboxylic acids is 1. The van der Waals surface area contributed by atoms with Gasteiger partial charge in [-0.05, 0) is 92.7 Å². The van der Waals surface area contributed by atoms with Crippen LogP contribution in [-0.2, 0) is 0 Å². The molecule has 0 radical (unpaired) electrons. The number of carbonyl (C=O) groups is 2. The molecule has 42 heavy (non-hydrogen) atoms. The predicted octanol–water partition coefficient (Wildman–Crippen LogP) is 5.96.